The second-order valence-electron chi connectivity index (χ2n) is 5.11. The summed E-state index contributed by atoms with van der Waals surface area (Å²) in [6, 6.07) is 11.6. The van der Waals surface area contributed by atoms with E-state index in [4.69, 9.17) is 11.6 Å². The zero-order chi connectivity index (χ0) is 16.6. The number of fused-ring (bicyclic) bond motifs is 1. The fourth-order valence-electron chi connectivity index (χ4n) is 2.23. The lowest BCUT2D eigenvalue weighted by molar-refractivity contribution is 0.459. The van der Waals surface area contributed by atoms with Crippen LogP contribution in [0, 0.1) is 6.92 Å². The van der Waals surface area contributed by atoms with E-state index in [0.29, 0.717) is 5.69 Å². The van der Waals surface area contributed by atoms with Crippen molar-refractivity contribution in [1.29, 1.82) is 0 Å². The number of halogens is 1. The number of nitrogens with one attached hydrogen (secondary N) is 1. The van der Waals surface area contributed by atoms with E-state index in [1.54, 1.807) is 6.07 Å². The molecule has 0 saturated heterocycles. The molecule has 1 aromatic heterocycles. The number of aromatic hydroxyl groups is 1. The average Bonchev–Trinajstić information content (AvgIpc) is 2.49. The highest BCUT2D eigenvalue weighted by molar-refractivity contribution is 7.92. The highest BCUT2D eigenvalue weighted by Crippen LogP contribution is 2.31. The minimum Gasteiger partial charge on any atom is -0.505 e. The summed E-state index contributed by atoms with van der Waals surface area (Å²) in [6.45, 7) is 1.94. The number of aromatic nitrogens is 1. The number of nitrogens with zero attached hydrogens (tertiary/aromatic N) is 1. The Morgan fingerprint density at radius 1 is 1.17 bits per heavy atom. The van der Waals surface area contributed by atoms with Crippen LogP contribution in [0.3, 0.4) is 0 Å². The molecule has 7 heteroatoms. The SMILES string of the molecule is Cc1ccc2ncc(NS(=O)(=O)c3cccc(Cl)c3O)cc2c1. The number of hydrogen-bond donors (Lipinski definition) is 2. The summed E-state index contributed by atoms with van der Waals surface area (Å²) in [5, 5.41) is 10.6. The lowest BCUT2D eigenvalue weighted by atomic mass is 10.1. The number of rotatable bonds is 3. The molecule has 0 saturated carbocycles. The van der Waals surface area contributed by atoms with E-state index in [-0.39, 0.29) is 9.92 Å². The molecule has 0 unspecified atom stereocenters. The minimum atomic E-state index is -3.97. The standard InChI is InChI=1S/C16H13ClN2O3S/c1-10-5-6-14-11(7-10)8-12(9-18-14)19-23(21,22)15-4-2-3-13(17)16(15)20/h2-9,19-20H,1H3. The van der Waals surface area contributed by atoms with Gasteiger partial charge in [-0.1, -0.05) is 29.3 Å². The summed E-state index contributed by atoms with van der Waals surface area (Å²) >= 11 is 5.76. The van der Waals surface area contributed by atoms with Gasteiger partial charge in [-0.25, -0.2) is 8.42 Å². The molecule has 0 spiro atoms. The molecule has 0 aliphatic heterocycles. The van der Waals surface area contributed by atoms with Gasteiger partial charge in [0.15, 0.2) is 5.75 Å². The number of anilines is 1. The molecular weight excluding hydrogens is 336 g/mol. The molecule has 3 rings (SSSR count). The van der Waals surface area contributed by atoms with Crippen molar-refractivity contribution < 1.29 is 13.5 Å². The molecule has 2 N–H and O–H groups in total. The van der Waals surface area contributed by atoms with E-state index in [9.17, 15) is 13.5 Å². The first-order valence-electron chi connectivity index (χ1n) is 6.73. The Balaban J connectivity index is 2.02. The van der Waals surface area contributed by atoms with Gasteiger partial charge >= 0.3 is 0 Å². The van der Waals surface area contributed by atoms with E-state index in [2.05, 4.69) is 9.71 Å². The lowest BCUT2D eigenvalue weighted by Gasteiger charge is -2.10. The second kappa shape index (κ2) is 5.72. The normalized spacial score (nSPS) is 11.6. The fraction of sp³-hybridized carbons (Fsp3) is 0.0625. The second-order valence-corrected chi connectivity index (χ2v) is 7.17. The van der Waals surface area contributed by atoms with Crippen LogP contribution in [0.1, 0.15) is 5.56 Å². The molecule has 0 atom stereocenters. The highest BCUT2D eigenvalue weighted by atomic mass is 35.5. The van der Waals surface area contributed by atoms with Gasteiger partial charge in [-0.2, -0.15) is 0 Å². The largest absolute Gasteiger partial charge is 0.505 e. The van der Waals surface area contributed by atoms with E-state index >= 15 is 0 Å². The molecule has 0 amide bonds. The smallest absolute Gasteiger partial charge is 0.265 e. The number of aryl methyl sites for hydroxylation is 1. The van der Waals surface area contributed by atoms with Gasteiger partial charge in [0.25, 0.3) is 10.0 Å². The first-order valence-corrected chi connectivity index (χ1v) is 8.60. The summed E-state index contributed by atoms with van der Waals surface area (Å²) in [5.41, 5.74) is 2.12. The molecule has 5 nitrogen and oxygen atoms in total. The molecule has 0 fully saturated rings. The highest BCUT2D eigenvalue weighted by Gasteiger charge is 2.20. The van der Waals surface area contributed by atoms with Crippen LogP contribution in [0.2, 0.25) is 5.02 Å². The molecule has 23 heavy (non-hydrogen) atoms. The first kappa shape index (κ1) is 15.6. The molecule has 0 bridgehead atoms. The zero-order valence-corrected chi connectivity index (χ0v) is 13.7. The number of pyridine rings is 1. The van der Waals surface area contributed by atoms with Crippen LogP contribution in [-0.4, -0.2) is 18.5 Å². The number of para-hydroxylation sites is 1. The van der Waals surface area contributed by atoms with Gasteiger partial charge in [-0.05, 0) is 37.3 Å². The Morgan fingerprint density at radius 3 is 2.74 bits per heavy atom. The molecule has 118 valence electrons. The van der Waals surface area contributed by atoms with Crippen molar-refractivity contribution >= 4 is 38.2 Å². The number of phenols is 1. The van der Waals surface area contributed by atoms with Gasteiger partial charge in [0.05, 0.1) is 22.4 Å². The lowest BCUT2D eigenvalue weighted by Crippen LogP contribution is -2.13. The fourth-order valence-corrected chi connectivity index (χ4v) is 3.61. The molecule has 2 aromatic carbocycles. The summed E-state index contributed by atoms with van der Waals surface area (Å²) < 4.78 is 27.2. The molecule has 0 aliphatic carbocycles. The molecule has 0 aliphatic rings. The summed E-state index contributed by atoms with van der Waals surface area (Å²) in [5.74, 6) is -0.480. The van der Waals surface area contributed by atoms with E-state index in [1.807, 2.05) is 25.1 Å². The monoisotopic (exact) mass is 348 g/mol. The van der Waals surface area contributed by atoms with E-state index < -0.39 is 15.8 Å². The number of benzene rings is 2. The number of phenolic OH excluding ortho intramolecular Hbond substituents is 1. The Labute approximate surface area is 138 Å². The summed E-state index contributed by atoms with van der Waals surface area (Å²) in [4.78, 5) is 3.94. The third-order valence-corrected chi connectivity index (χ3v) is 5.05. The van der Waals surface area contributed by atoms with Crippen molar-refractivity contribution in [3.63, 3.8) is 0 Å². The first-order chi connectivity index (χ1) is 10.9. The van der Waals surface area contributed by atoms with E-state index in [1.165, 1.54) is 24.4 Å². The van der Waals surface area contributed by atoms with Gasteiger partial charge in [0.2, 0.25) is 0 Å². The topological polar surface area (TPSA) is 79.3 Å². The van der Waals surface area contributed by atoms with Gasteiger partial charge in [0.1, 0.15) is 4.90 Å². The van der Waals surface area contributed by atoms with Crippen LogP contribution in [0.5, 0.6) is 5.75 Å². The van der Waals surface area contributed by atoms with Crippen LogP contribution in [0.4, 0.5) is 5.69 Å². The summed E-state index contributed by atoms with van der Waals surface area (Å²) in [7, 11) is -3.97. The Kier molecular flexibility index (Phi) is 3.87. The molecule has 1 heterocycles. The Hall–Kier alpha value is -2.31. The predicted octanol–water partition coefficient (Wildman–Crippen LogP) is 3.70. The minimum absolute atomic E-state index is 0.0277. The molecule has 3 aromatic rings. The maximum atomic E-state index is 12.4. The maximum absolute atomic E-state index is 12.4. The predicted molar refractivity (Wildman–Crippen MR) is 90.4 cm³/mol. The van der Waals surface area contributed by atoms with Gasteiger partial charge < -0.3 is 5.11 Å². The van der Waals surface area contributed by atoms with Crippen LogP contribution in [0.25, 0.3) is 10.9 Å². The van der Waals surface area contributed by atoms with E-state index in [0.717, 1.165) is 16.5 Å². The summed E-state index contributed by atoms with van der Waals surface area (Å²) in [6.07, 6.45) is 1.43. The average molecular weight is 349 g/mol. The van der Waals surface area contributed by atoms with Crippen molar-refractivity contribution in [3.05, 3.63) is 59.2 Å². The van der Waals surface area contributed by atoms with Crippen LogP contribution < -0.4 is 4.72 Å². The van der Waals surface area contributed by atoms with Gasteiger partial charge in [-0.3, -0.25) is 9.71 Å². The Bertz CT molecular complexity index is 1000. The van der Waals surface area contributed by atoms with Gasteiger partial charge in [0, 0.05) is 5.39 Å². The third kappa shape index (κ3) is 3.09. The van der Waals surface area contributed by atoms with Gasteiger partial charge in [-0.15, -0.1) is 0 Å². The van der Waals surface area contributed by atoms with Crippen molar-refractivity contribution in [2.24, 2.45) is 0 Å². The van der Waals surface area contributed by atoms with Crippen molar-refractivity contribution in [1.82, 2.24) is 4.98 Å². The zero-order valence-electron chi connectivity index (χ0n) is 12.1. The van der Waals surface area contributed by atoms with Crippen molar-refractivity contribution in [2.45, 2.75) is 11.8 Å². The Morgan fingerprint density at radius 2 is 1.96 bits per heavy atom. The third-order valence-electron chi connectivity index (χ3n) is 3.33. The van der Waals surface area contributed by atoms with Crippen molar-refractivity contribution in [3.8, 4) is 5.75 Å². The maximum Gasteiger partial charge on any atom is 0.265 e. The molecule has 0 radical (unpaired) electrons. The van der Waals surface area contributed by atoms with Crippen molar-refractivity contribution in [2.75, 3.05) is 4.72 Å². The molecular formula is C16H13ClN2O3S. The van der Waals surface area contributed by atoms with Crippen LogP contribution >= 0.6 is 11.6 Å². The number of sulfonamides is 1. The quantitative estimate of drug-likeness (QED) is 0.756. The number of hydrogen-bond acceptors (Lipinski definition) is 4. The van der Waals surface area contributed by atoms with Crippen LogP contribution in [-0.2, 0) is 10.0 Å². The van der Waals surface area contributed by atoms with Crippen LogP contribution in [0.15, 0.2) is 53.6 Å².